The summed E-state index contributed by atoms with van der Waals surface area (Å²) in [6.45, 7) is 3.60. The normalized spacial score (nSPS) is 10.6. The molecular weight excluding hydrogens is 404 g/mol. The third-order valence-electron chi connectivity index (χ3n) is 5.24. The number of hydrogen-bond donors (Lipinski definition) is 1. The lowest BCUT2D eigenvalue weighted by Gasteiger charge is -2.16. The van der Waals surface area contributed by atoms with Crippen molar-refractivity contribution in [2.75, 3.05) is 14.2 Å². The van der Waals surface area contributed by atoms with Gasteiger partial charge in [0.2, 0.25) is 0 Å². The molecule has 0 amide bonds. The van der Waals surface area contributed by atoms with E-state index in [-0.39, 0.29) is 5.57 Å². The third-order valence-corrected chi connectivity index (χ3v) is 5.24. The number of methoxy groups -OCH3 is 2. The largest absolute Gasteiger partial charge is 0.497 e. The first-order valence-electron chi connectivity index (χ1n) is 9.96. The number of carboxylic acid groups (broad SMARTS) is 1. The van der Waals surface area contributed by atoms with Crippen molar-refractivity contribution in [2.24, 2.45) is 0 Å². The molecule has 0 heterocycles. The summed E-state index contributed by atoms with van der Waals surface area (Å²) in [4.78, 5) is 11.2. The van der Waals surface area contributed by atoms with Crippen molar-refractivity contribution in [1.82, 2.24) is 0 Å². The van der Waals surface area contributed by atoms with Crippen molar-refractivity contribution in [3.05, 3.63) is 91.0 Å². The summed E-state index contributed by atoms with van der Waals surface area (Å²) in [6.07, 6.45) is 0. The number of carboxylic acids is 1. The Bertz CT molecular complexity index is 1310. The highest BCUT2D eigenvalue weighted by Crippen LogP contribution is 2.41. The molecule has 160 valence electrons. The molecule has 0 radical (unpaired) electrons. The fourth-order valence-electron chi connectivity index (χ4n) is 3.50. The van der Waals surface area contributed by atoms with E-state index in [1.54, 1.807) is 38.5 Å². The second-order valence-corrected chi connectivity index (χ2v) is 7.17. The van der Waals surface area contributed by atoms with Crippen LogP contribution in [0.4, 0.5) is 0 Å². The highest BCUT2D eigenvalue weighted by atomic mass is 16.5. The van der Waals surface area contributed by atoms with Crippen molar-refractivity contribution in [2.45, 2.75) is 0 Å². The number of fused-ring (bicyclic) bond motifs is 1. The zero-order chi connectivity index (χ0) is 22.7. The summed E-state index contributed by atoms with van der Waals surface area (Å²) in [7, 11) is 3.27. The lowest BCUT2D eigenvalue weighted by atomic mass is 9.99. The summed E-state index contributed by atoms with van der Waals surface area (Å²) in [5.74, 6) is 1.72. The minimum atomic E-state index is -1.05. The van der Waals surface area contributed by atoms with Gasteiger partial charge < -0.3 is 19.3 Å². The van der Waals surface area contributed by atoms with Gasteiger partial charge in [-0.15, -0.1) is 0 Å². The van der Waals surface area contributed by atoms with Crippen LogP contribution in [0, 0.1) is 0 Å². The van der Waals surface area contributed by atoms with E-state index >= 15 is 0 Å². The van der Waals surface area contributed by atoms with Gasteiger partial charge in [0.25, 0.3) is 0 Å². The van der Waals surface area contributed by atoms with Crippen LogP contribution in [-0.4, -0.2) is 25.3 Å². The summed E-state index contributed by atoms with van der Waals surface area (Å²) >= 11 is 0. The highest BCUT2D eigenvalue weighted by Gasteiger charge is 2.14. The number of benzene rings is 4. The standard InChI is InChI=1S/C27H22O5/c1-17(27(28)29)18-7-10-21(11-8-18)32-26-24(19-5-4-6-22(15-19)30-2)13-9-20-16-23(31-3)12-14-25(20)26/h4-16H,1H2,2-3H3,(H,28,29). The number of carbonyl (C=O) groups is 1. The predicted octanol–water partition coefficient (Wildman–Crippen LogP) is 6.41. The molecule has 0 aliphatic heterocycles. The molecule has 0 aliphatic carbocycles. The molecule has 0 saturated heterocycles. The van der Waals surface area contributed by atoms with E-state index in [1.807, 2.05) is 54.6 Å². The predicted molar refractivity (Wildman–Crippen MR) is 126 cm³/mol. The Labute approximate surface area is 186 Å². The van der Waals surface area contributed by atoms with E-state index in [1.165, 1.54) is 0 Å². The van der Waals surface area contributed by atoms with Gasteiger partial charge in [0, 0.05) is 10.9 Å². The van der Waals surface area contributed by atoms with E-state index < -0.39 is 5.97 Å². The van der Waals surface area contributed by atoms with Gasteiger partial charge in [0.05, 0.1) is 19.8 Å². The maximum Gasteiger partial charge on any atom is 0.335 e. The highest BCUT2D eigenvalue weighted by molar-refractivity contribution is 6.14. The minimum Gasteiger partial charge on any atom is -0.497 e. The van der Waals surface area contributed by atoms with Crippen molar-refractivity contribution >= 4 is 22.3 Å². The van der Waals surface area contributed by atoms with Crippen LogP contribution in [0.15, 0.2) is 85.4 Å². The van der Waals surface area contributed by atoms with E-state index in [4.69, 9.17) is 19.3 Å². The van der Waals surface area contributed by atoms with E-state index in [0.29, 0.717) is 17.1 Å². The lowest BCUT2D eigenvalue weighted by molar-refractivity contribution is -0.130. The van der Waals surface area contributed by atoms with Gasteiger partial charge in [-0.3, -0.25) is 0 Å². The SMILES string of the molecule is C=C(C(=O)O)c1ccc(Oc2c(-c3cccc(OC)c3)ccc3cc(OC)ccc23)cc1. The molecule has 0 aliphatic rings. The molecule has 0 atom stereocenters. The summed E-state index contributed by atoms with van der Waals surface area (Å²) in [6, 6.07) is 24.5. The zero-order valence-electron chi connectivity index (χ0n) is 17.8. The van der Waals surface area contributed by atoms with Gasteiger partial charge in [0.15, 0.2) is 0 Å². The first-order valence-corrected chi connectivity index (χ1v) is 9.96. The smallest absolute Gasteiger partial charge is 0.335 e. The quantitative estimate of drug-likeness (QED) is 0.346. The van der Waals surface area contributed by atoms with Crippen LogP contribution in [-0.2, 0) is 4.79 Å². The summed E-state index contributed by atoms with van der Waals surface area (Å²) in [5, 5.41) is 11.1. The summed E-state index contributed by atoms with van der Waals surface area (Å²) < 4.78 is 17.1. The molecule has 0 unspecified atom stereocenters. The van der Waals surface area contributed by atoms with Gasteiger partial charge in [-0.25, -0.2) is 4.79 Å². The fraction of sp³-hybridized carbons (Fsp3) is 0.0741. The van der Waals surface area contributed by atoms with Crippen LogP contribution in [0.3, 0.4) is 0 Å². The van der Waals surface area contributed by atoms with Gasteiger partial charge in [-0.2, -0.15) is 0 Å². The second kappa shape index (κ2) is 8.86. The Morgan fingerprint density at radius 2 is 1.50 bits per heavy atom. The van der Waals surface area contributed by atoms with Gasteiger partial charge >= 0.3 is 5.97 Å². The molecule has 0 spiro atoms. The van der Waals surface area contributed by atoms with Gasteiger partial charge in [-0.05, 0) is 65.0 Å². The van der Waals surface area contributed by atoms with Crippen molar-refractivity contribution in [3.8, 4) is 34.1 Å². The van der Waals surface area contributed by atoms with Crippen LogP contribution < -0.4 is 14.2 Å². The number of ether oxygens (including phenoxy) is 3. The maximum atomic E-state index is 11.2. The average Bonchev–Trinajstić information content (AvgIpc) is 2.83. The second-order valence-electron chi connectivity index (χ2n) is 7.17. The first kappa shape index (κ1) is 21.0. The van der Waals surface area contributed by atoms with E-state index in [2.05, 4.69) is 6.58 Å². The van der Waals surface area contributed by atoms with E-state index in [0.717, 1.165) is 33.4 Å². The Morgan fingerprint density at radius 3 is 2.19 bits per heavy atom. The Hall–Kier alpha value is -4.25. The van der Waals surface area contributed by atoms with Crippen LogP contribution in [0.25, 0.3) is 27.5 Å². The molecule has 1 N–H and O–H groups in total. The van der Waals surface area contributed by atoms with Gasteiger partial charge in [-0.1, -0.05) is 36.9 Å². The van der Waals surface area contributed by atoms with Crippen LogP contribution in [0.2, 0.25) is 0 Å². The Morgan fingerprint density at radius 1 is 0.812 bits per heavy atom. The molecule has 32 heavy (non-hydrogen) atoms. The average molecular weight is 426 g/mol. The van der Waals surface area contributed by atoms with Crippen LogP contribution in [0.5, 0.6) is 23.0 Å². The summed E-state index contributed by atoms with van der Waals surface area (Å²) in [5.41, 5.74) is 2.42. The molecule has 4 rings (SSSR count). The van der Waals surface area contributed by atoms with Gasteiger partial charge in [0.1, 0.15) is 23.0 Å². The maximum absolute atomic E-state index is 11.2. The zero-order valence-corrected chi connectivity index (χ0v) is 17.8. The molecule has 0 saturated carbocycles. The topological polar surface area (TPSA) is 65.0 Å². The first-order chi connectivity index (χ1) is 15.5. The molecule has 5 heteroatoms. The van der Waals surface area contributed by atoms with Crippen molar-refractivity contribution in [3.63, 3.8) is 0 Å². The molecule has 0 aromatic heterocycles. The van der Waals surface area contributed by atoms with Crippen molar-refractivity contribution < 1.29 is 24.1 Å². The van der Waals surface area contributed by atoms with Crippen molar-refractivity contribution in [1.29, 1.82) is 0 Å². The molecule has 5 nitrogen and oxygen atoms in total. The fourth-order valence-corrected chi connectivity index (χ4v) is 3.50. The minimum absolute atomic E-state index is 0.0332. The molecule has 0 bridgehead atoms. The third kappa shape index (κ3) is 4.14. The van der Waals surface area contributed by atoms with E-state index in [9.17, 15) is 4.79 Å². The Kier molecular flexibility index (Phi) is 5.81. The monoisotopic (exact) mass is 426 g/mol. The molecule has 4 aromatic rings. The molecule has 0 fully saturated rings. The molecular formula is C27H22O5. The number of aliphatic carboxylic acids is 1. The lowest BCUT2D eigenvalue weighted by Crippen LogP contribution is -1.98. The number of hydrogen-bond acceptors (Lipinski definition) is 4. The van der Waals surface area contributed by atoms with Crippen LogP contribution in [0.1, 0.15) is 5.56 Å². The molecule has 4 aromatic carbocycles. The van der Waals surface area contributed by atoms with Crippen LogP contribution >= 0.6 is 0 Å². The number of rotatable bonds is 7. The Balaban J connectivity index is 1.83.